The lowest BCUT2D eigenvalue weighted by Gasteiger charge is -2.09. The maximum Gasteiger partial charge on any atom is 0.261 e. The zero-order chi connectivity index (χ0) is 13.9. The van der Waals surface area contributed by atoms with Gasteiger partial charge in [0.2, 0.25) is 0 Å². The SMILES string of the molecule is Cc1ccc2c(=O)n(CCCC3CCOC3)cnc2c1. The summed E-state index contributed by atoms with van der Waals surface area (Å²) in [4.78, 5) is 16.8. The maximum absolute atomic E-state index is 12.4. The maximum atomic E-state index is 12.4. The van der Waals surface area contributed by atoms with E-state index < -0.39 is 0 Å². The van der Waals surface area contributed by atoms with Crippen molar-refractivity contribution in [3.8, 4) is 0 Å². The molecule has 1 aliphatic heterocycles. The molecule has 3 rings (SSSR count). The molecule has 1 aromatic carbocycles. The minimum Gasteiger partial charge on any atom is -0.381 e. The predicted molar refractivity (Wildman–Crippen MR) is 78.9 cm³/mol. The van der Waals surface area contributed by atoms with E-state index in [1.807, 2.05) is 25.1 Å². The zero-order valence-corrected chi connectivity index (χ0v) is 11.8. The third kappa shape index (κ3) is 2.75. The van der Waals surface area contributed by atoms with Crippen LogP contribution in [0.15, 0.2) is 29.3 Å². The highest BCUT2D eigenvalue weighted by Gasteiger charge is 2.15. The van der Waals surface area contributed by atoms with Crippen molar-refractivity contribution >= 4 is 10.9 Å². The Bertz CT molecular complexity index is 657. The Morgan fingerprint density at radius 1 is 1.45 bits per heavy atom. The highest BCUT2D eigenvalue weighted by atomic mass is 16.5. The van der Waals surface area contributed by atoms with Crippen LogP contribution in [0.4, 0.5) is 0 Å². The van der Waals surface area contributed by atoms with Gasteiger partial charge < -0.3 is 4.74 Å². The number of fused-ring (bicyclic) bond motifs is 1. The molecule has 0 spiro atoms. The van der Waals surface area contributed by atoms with Gasteiger partial charge in [-0.25, -0.2) is 4.98 Å². The lowest BCUT2D eigenvalue weighted by Crippen LogP contribution is -2.21. The van der Waals surface area contributed by atoms with Gasteiger partial charge in [0.25, 0.3) is 5.56 Å². The van der Waals surface area contributed by atoms with E-state index >= 15 is 0 Å². The topological polar surface area (TPSA) is 44.1 Å². The summed E-state index contributed by atoms with van der Waals surface area (Å²) < 4.78 is 7.10. The van der Waals surface area contributed by atoms with E-state index in [9.17, 15) is 4.79 Å². The average Bonchev–Trinajstić information content (AvgIpc) is 2.94. The molecule has 20 heavy (non-hydrogen) atoms. The number of nitrogens with zero attached hydrogens (tertiary/aromatic N) is 2. The molecule has 1 atom stereocenters. The van der Waals surface area contributed by atoms with E-state index in [1.165, 1.54) is 0 Å². The van der Waals surface area contributed by atoms with Gasteiger partial charge in [-0.3, -0.25) is 9.36 Å². The summed E-state index contributed by atoms with van der Waals surface area (Å²) in [5, 5.41) is 0.710. The van der Waals surface area contributed by atoms with Crippen molar-refractivity contribution in [3.05, 3.63) is 40.4 Å². The van der Waals surface area contributed by atoms with Crippen molar-refractivity contribution in [1.29, 1.82) is 0 Å². The van der Waals surface area contributed by atoms with Crippen molar-refractivity contribution < 1.29 is 4.74 Å². The number of hydrogen-bond acceptors (Lipinski definition) is 3. The number of benzene rings is 1. The largest absolute Gasteiger partial charge is 0.381 e. The van der Waals surface area contributed by atoms with E-state index in [-0.39, 0.29) is 5.56 Å². The summed E-state index contributed by atoms with van der Waals surface area (Å²) in [6.07, 6.45) is 4.96. The fourth-order valence-corrected chi connectivity index (χ4v) is 2.79. The van der Waals surface area contributed by atoms with Crippen LogP contribution in [0, 0.1) is 12.8 Å². The van der Waals surface area contributed by atoms with Gasteiger partial charge in [0.05, 0.1) is 17.2 Å². The molecule has 1 fully saturated rings. The molecular formula is C16H20N2O2. The molecule has 4 nitrogen and oxygen atoms in total. The van der Waals surface area contributed by atoms with Crippen LogP contribution in [0.3, 0.4) is 0 Å². The van der Waals surface area contributed by atoms with Crippen molar-refractivity contribution in [2.75, 3.05) is 13.2 Å². The normalized spacial score (nSPS) is 18.8. The molecule has 2 heterocycles. The van der Waals surface area contributed by atoms with Crippen LogP contribution < -0.4 is 5.56 Å². The summed E-state index contributed by atoms with van der Waals surface area (Å²) in [6.45, 7) is 4.52. The lowest BCUT2D eigenvalue weighted by molar-refractivity contribution is 0.183. The second kappa shape index (κ2) is 5.75. The van der Waals surface area contributed by atoms with Crippen LogP contribution in [0.2, 0.25) is 0 Å². The second-order valence-electron chi connectivity index (χ2n) is 5.64. The zero-order valence-electron chi connectivity index (χ0n) is 11.8. The van der Waals surface area contributed by atoms with Gasteiger partial charge in [0.15, 0.2) is 0 Å². The molecule has 0 aliphatic carbocycles. The fraction of sp³-hybridized carbons (Fsp3) is 0.500. The summed E-state index contributed by atoms with van der Waals surface area (Å²) in [7, 11) is 0. The third-order valence-electron chi connectivity index (χ3n) is 4.02. The molecule has 1 unspecified atom stereocenters. The first kappa shape index (κ1) is 13.3. The Balaban J connectivity index is 1.73. The molecule has 2 aromatic rings. The molecule has 106 valence electrons. The molecule has 1 saturated heterocycles. The van der Waals surface area contributed by atoms with E-state index in [1.54, 1.807) is 10.9 Å². The number of rotatable bonds is 4. The van der Waals surface area contributed by atoms with Gasteiger partial charge in [0, 0.05) is 19.8 Å². The first-order chi connectivity index (χ1) is 9.74. The first-order valence-electron chi connectivity index (χ1n) is 7.27. The summed E-state index contributed by atoms with van der Waals surface area (Å²) in [5.74, 6) is 0.668. The highest BCUT2D eigenvalue weighted by molar-refractivity contribution is 5.77. The standard InChI is InChI=1S/C16H20N2O2/c1-12-4-5-14-15(9-12)17-11-18(16(14)19)7-2-3-13-6-8-20-10-13/h4-5,9,11,13H,2-3,6-8,10H2,1H3. The lowest BCUT2D eigenvalue weighted by atomic mass is 10.0. The Morgan fingerprint density at radius 3 is 3.15 bits per heavy atom. The fourth-order valence-electron chi connectivity index (χ4n) is 2.79. The van der Waals surface area contributed by atoms with Crippen LogP contribution in [0.5, 0.6) is 0 Å². The van der Waals surface area contributed by atoms with Crippen LogP contribution in [0.1, 0.15) is 24.8 Å². The third-order valence-corrected chi connectivity index (χ3v) is 4.02. The predicted octanol–water partition coefficient (Wildman–Crippen LogP) is 2.52. The number of aromatic nitrogens is 2. The van der Waals surface area contributed by atoms with Gasteiger partial charge in [-0.1, -0.05) is 6.07 Å². The van der Waals surface area contributed by atoms with Crippen LogP contribution in [0.25, 0.3) is 10.9 Å². The van der Waals surface area contributed by atoms with E-state index in [0.717, 1.165) is 50.1 Å². The number of ether oxygens (including phenoxy) is 1. The van der Waals surface area contributed by atoms with Crippen LogP contribution in [-0.4, -0.2) is 22.8 Å². The van der Waals surface area contributed by atoms with Gasteiger partial charge in [-0.15, -0.1) is 0 Å². The second-order valence-corrected chi connectivity index (χ2v) is 5.64. The molecule has 0 N–H and O–H groups in total. The average molecular weight is 272 g/mol. The number of aryl methyl sites for hydroxylation is 2. The molecule has 1 aromatic heterocycles. The van der Waals surface area contributed by atoms with Crippen LogP contribution >= 0.6 is 0 Å². The van der Waals surface area contributed by atoms with Crippen molar-refractivity contribution in [2.45, 2.75) is 32.7 Å². The van der Waals surface area contributed by atoms with Crippen molar-refractivity contribution in [3.63, 3.8) is 0 Å². The van der Waals surface area contributed by atoms with Gasteiger partial charge in [0.1, 0.15) is 0 Å². The summed E-state index contributed by atoms with van der Waals surface area (Å²) in [5.41, 5.74) is 1.98. The van der Waals surface area contributed by atoms with Crippen molar-refractivity contribution in [2.24, 2.45) is 5.92 Å². The van der Waals surface area contributed by atoms with E-state index in [4.69, 9.17) is 4.74 Å². The molecule has 0 bridgehead atoms. The minimum absolute atomic E-state index is 0.0673. The molecule has 4 heteroatoms. The molecule has 0 amide bonds. The molecular weight excluding hydrogens is 252 g/mol. The highest BCUT2D eigenvalue weighted by Crippen LogP contribution is 2.18. The van der Waals surface area contributed by atoms with Gasteiger partial charge >= 0.3 is 0 Å². The summed E-state index contributed by atoms with van der Waals surface area (Å²) in [6, 6.07) is 5.80. The minimum atomic E-state index is 0.0673. The smallest absolute Gasteiger partial charge is 0.261 e. The first-order valence-corrected chi connectivity index (χ1v) is 7.27. The molecule has 0 radical (unpaired) electrons. The quantitative estimate of drug-likeness (QED) is 0.859. The molecule has 0 saturated carbocycles. The Labute approximate surface area is 118 Å². The van der Waals surface area contributed by atoms with E-state index in [2.05, 4.69) is 4.98 Å². The Kier molecular flexibility index (Phi) is 3.83. The summed E-state index contributed by atoms with van der Waals surface area (Å²) >= 11 is 0. The van der Waals surface area contributed by atoms with Crippen LogP contribution in [-0.2, 0) is 11.3 Å². The van der Waals surface area contributed by atoms with Crippen molar-refractivity contribution in [1.82, 2.24) is 9.55 Å². The van der Waals surface area contributed by atoms with Gasteiger partial charge in [-0.2, -0.15) is 0 Å². The monoisotopic (exact) mass is 272 g/mol. The number of hydrogen-bond donors (Lipinski definition) is 0. The van der Waals surface area contributed by atoms with E-state index in [0.29, 0.717) is 11.3 Å². The Hall–Kier alpha value is -1.68. The molecule has 1 aliphatic rings. The van der Waals surface area contributed by atoms with Gasteiger partial charge in [-0.05, 0) is 49.8 Å². The Morgan fingerprint density at radius 2 is 2.35 bits per heavy atom.